The van der Waals surface area contributed by atoms with E-state index in [1.807, 2.05) is 12.1 Å². The number of ether oxygens (including phenoxy) is 1. The maximum Gasteiger partial charge on any atom is 0.237 e. The molecule has 9 heteroatoms. The summed E-state index contributed by atoms with van der Waals surface area (Å²) in [6.07, 6.45) is 0. The fourth-order valence-electron chi connectivity index (χ4n) is 2.90. The molecule has 0 saturated carbocycles. The molecule has 1 heterocycles. The minimum absolute atomic E-state index is 0.0599. The first-order chi connectivity index (χ1) is 14.6. The number of carbonyl (C=O) groups excluding carboxylic acids is 1. The van der Waals surface area contributed by atoms with Gasteiger partial charge in [0.05, 0.1) is 18.0 Å². The van der Waals surface area contributed by atoms with Crippen molar-refractivity contribution in [2.75, 3.05) is 18.3 Å². The van der Waals surface area contributed by atoms with Crippen LogP contribution >= 0.6 is 23.4 Å². The smallest absolute Gasteiger partial charge is 0.237 e. The van der Waals surface area contributed by atoms with E-state index in [0.717, 1.165) is 5.56 Å². The molecular formula is C22H26ClN5O2S. The van der Waals surface area contributed by atoms with Gasteiger partial charge in [-0.2, -0.15) is 0 Å². The lowest BCUT2D eigenvalue weighted by molar-refractivity contribution is -0.115. The van der Waals surface area contributed by atoms with Gasteiger partial charge in [-0.3, -0.25) is 4.79 Å². The first-order valence-corrected chi connectivity index (χ1v) is 11.0. The summed E-state index contributed by atoms with van der Waals surface area (Å²) < 4.78 is 6.68. The van der Waals surface area contributed by atoms with E-state index in [0.29, 0.717) is 27.4 Å². The number of methoxy groups -OCH3 is 1. The third-order valence-corrected chi connectivity index (χ3v) is 6.04. The third kappa shape index (κ3) is 5.32. The Balaban J connectivity index is 1.73. The number of amides is 1. The van der Waals surface area contributed by atoms with Crippen molar-refractivity contribution in [2.45, 2.75) is 43.5 Å². The Kier molecular flexibility index (Phi) is 6.81. The van der Waals surface area contributed by atoms with Crippen molar-refractivity contribution < 1.29 is 9.53 Å². The number of halogens is 1. The molecule has 0 spiro atoms. The van der Waals surface area contributed by atoms with Gasteiger partial charge in [-0.25, -0.2) is 4.68 Å². The molecule has 3 aromatic rings. The topological polar surface area (TPSA) is 95.1 Å². The third-order valence-electron chi connectivity index (χ3n) is 4.74. The summed E-state index contributed by atoms with van der Waals surface area (Å²) in [4.78, 5) is 12.7. The predicted molar refractivity (Wildman–Crippen MR) is 126 cm³/mol. The molecule has 0 fully saturated rings. The minimum atomic E-state index is -0.480. The Bertz CT molecular complexity index is 1080. The molecule has 0 aliphatic carbocycles. The zero-order chi connectivity index (χ0) is 22.8. The summed E-state index contributed by atoms with van der Waals surface area (Å²) in [7, 11) is 1.53. The molecule has 1 amide bonds. The lowest BCUT2D eigenvalue weighted by Crippen LogP contribution is -2.24. The van der Waals surface area contributed by atoms with Gasteiger partial charge in [-0.15, -0.1) is 10.2 Å². The van der Waals surface area contributed by atoms with Crippen LogP contribution in [-0.4, -0.2) is 33.1 Å². The molecule has 3 rings (SSSR count). The SMILES string of the molecule is COc1ccc(Cl)cc1NC(=O)C(C)Sc1nnc(-c2ccc(C(C)(C)C)cc2)n1N. The molecule has 164 valence electrons. The van der Waals surface area contributed by atoms with Crippen LogP contribution in [0.5, 0.6) is 5.75 Å². The van der Waals surface area contributed by atoms with Crippen molar-refractivity contribution in [3.63, 3.8) is 0 Å². The molecule has 0 aliphatic rings. The van der Waals surface area contributed by atoms with Crippen LogP contribution in [-0.2, 0) is 10.2 Å². The Morgan fingerprint density at radius 1 is 1.19 bits per heavy atom. The highest BCUT2D eigenvalue weighted by Crippen LogP contribution is 2.30. The number of hydrogen-bond acceptors (Lipinski definition) is 6. The fourth-order valence-corrected chi connectivity index (χ4v) is 3.84. The lowest BCUT2D eigenvalue weighted by atomic mass is 9.87. The highest BCUT2D eigenvalue weighted by atomic mass is 35.5. The number of rotatable bonds is 6. The van der Waals surface area contributed by atoms with Crippen molar-refractivity contribution in [3.05, 3.63) is 53.1 Å². The number of aromatic nitrogens is 3. The van der Waals surface area contributed by atoms with Crippen molar-refractivity contribution in [3.8, 4) is 17.1 Å². The maximum absolute atomic E-state index is 12.7. The number of nitrogens with one attached hydrogen (secondary N) is 1. The van der Waals surface area contributed by atoms with Crippen LogP contribution in [0.15, 0.2) is 47.6 Å². The summed E-state index contributed by atoms with van der Waals surface area (Å²) in [6.45, 7) is 8.25. The summed E-state index contributed by atoms with van der Waals surface area (Å²) in [5, 5.41) is 11.7. The molecule has 1 unspecified atom stereocenters. The van der Waals surface area contributed by atoms with Crippen molar-refractivity contribution in [1.29, 1.82) is 0 Å². The van der Waals surface area contributed by atoms with E-state index >= 15 is 0 Å². The monoisotopic (exact) mass is 459 g/mol. The summed E-state index contributed by atoms with van der Waals surface area (Å²) in [5.74, 6) is 7.06. The summed E-state index contributed by atoms with van der Waals surface area (Å²) in [5.41, 5.74) is 2.64. The number of thioether (sulfide) groups is 1. The second kappa shape index (κ2) is 9.20. The van der Waals surface area contributed by atoms with Crippen LogP contribution < -0.4 is 15.9 Å². The van der Waals surface area contributed by atoms with Gasteiger partial charge in [0.1, 0.15) is 5.75 Å². The highest BCUT2D eigenvalue weighted by Gasteiger charge is 2.21. The van der Waals surface area contributed by atoms with E-state index in [1.54, 1.807) is 25.1 Å². The predicted octanol–water partition coefficient (Wildman–Crippen LogP) is 4.74. The van der Waals surface area contributed by atoms with Gasteiger partial charge in [0.25, 0.3) is 0 Å². The molecule has 1 aromatic heterocycles. The quantitative estimate of drug-likeness (QED) is 0.408. The summed E-state index contributed by atoms with van der Waals surface area (Å²) in [6, 6.07) is 13.1. The molecular weight excluding hydrogens is 434 g/mol. The Hall–Kier alpha value is -2.71. The lowest BCUT2D eigenvalue weighted by Gasteiger charge is -2.19. The first kappa shape index (κ1) is 23.0. The minimum Gasteiger partial charge on any atom is -0.495 e. The van der Waals surface area contributed by atoms with Crippen LogP contribution in [0.4, 0.5) is 5.69 Å². The molecule has 7 nitrogen and oxygen atoms in total. The van der Waals surface area contributed by atoms with E-state index in [2.05, 4.69) is 48.4 Å². The van der Waals surface area contributed by atoms with Crippen LogP contribution in [0.2, 0.25) is 5.02 Å². The van der Waals surface area contributed by atoms with E-state index in [4.69, 9.17) is 22.2 Å². The maximum atomic E-state index is 12.7. The number of carbonyl (C=O) groups is 1. The zero-order valence-electron chi connectivity index (χ0n) is 18.1. The summed E-state index contributed by atoms with van der Waals surface area (Å²) >= 11 is 7.25. The van der Waals surface area contributed by atoms with E-state index in [1.165, 1.54) is 29.1 Å². The number of nitrogens with zero attached hydrogens (tertiary/aromatic N) is 3. The Labute approximate surface area is 191 Å². The van der Waals surface area contributed by atoms with Gasteiger partial charge in [0, 0.05) is 10.6 Å². The number of anilines is 1. The average Bonchev–Trinajstić information content (AvgIpc) is 3.07. The van der Waals surface area contributed by atoms with Gasteiger partial charge in [0.2, 0.25) is 11.1 Å². The molecule has 0 aliphatic heterocycles. The van der Waals surface area contributed by atoms with Crippen molar-refractivity contribution >= 4 is 35.0 Å². The Morgan fingerprint density at radius 2 is 1.87 bits per heavy atom. The van der Waals surface area contributed by atoms with Gasteiger partial charge in [-0.1, -0.05) is 68.4 Å². The van der Waals surface area contributed by atoms with Crippen molar-refractivity contribution in [2.24, 2.45) is 0 Å². The largest absolute Gasteiger partial charge is 0.495 e. The molecule has 1 atom stereocenters. The number of nitrogen functional groups attached to an aromatic ring is 1. The molecule has 31 heavy (non-hydrogen) atoms. The fraction of sp³-hybridized carbons (Fsp3) is 0.318. The first-order valence-electron chi connectivity index (χ1n) is 9.72. The standard InChI is InChI=1S/C22H26ClN5O2S/c1-13(20(29)25-17-12-16(23)10-11-18(17)30-5)31-21-27-26-19(28(21)24)14-6-8-15(9-7-14)22(2,3)4/h6-13H,24H2,1-5H3,(H,25,29). The molecule has 0 bridgehead atoms. The van der Waals surface area contributed by atoms with Crippen molar-refractivity contribution in [1.82, 2.24) is 14.9 Å². The average molecular weight is 460 g/mol. The number of nitrogens with two attached hydrogens (primary N) is 1. The molecule has 0 radical (unpaired) electrons. The second-order valence-corrected chi connectivity index (χ2v) is 9.84. The van der Waals surface area contributed by atoms with E-state index in [-0.39, 0.29) is 11.3 Å². The van der Waals surface area contributed by atoms with Crippen LogP contribution in [0.1, 0.15) is 33.3 Å². The highest BCUT2D eigenvalue weighted by molar-refractivity contribution is 8.00. The van der Waals surface area contributed by atoms with Crippen LogP contribution in [0, 0.1) is 0 Å². The Morgan fingerprint density at radius 3 is 2.48 bits per heavy atom. The van der Waals surface area contributed by atoms with Crippen LogP contribution in [0.25, 0.3) is 11.4 Å². The van der Waals surface area contributed by atoms with E-state index in [9.17, 15) is 4.79 Å². The molecule has 3 N–H and O–H groups in total. The van der Waals surface area contributed by atoms with Gasteiger partial charge in [-0.05, 0) is 36.1 Å². The van der Waals surface area contributed by atoms with E-state index < -0.39 is 5.25 Å². The number of benzene rings is 2. The second-order valence-electron chi connectivity index (χ2n) is 8.10. The molecule has 2 aromatic carbocycles. The normalized spacial score (nSPS) is 12.5. The van der Waals surface area contributed by atoms with Gasteiger partial charge < -0.3 is 15.9 Å². The molecule has 0 saturated heterocycles. The van der Waals surface area contributed by atoms with Gasteiger partial charge in [0.15, 0.2) is 5.82 Å². The van der Waals surface area contributed by atoms with Gasteiger partial charge >= 0.3 is 0 Å². The zero-order valence-corrected chi connectivity index (χ0v) is 19.7. The number of hydrogen-bond donors (Lipinski definition) is 2. The van der Waals surface area contributed by atoms with Crippen LogP contribution in [0.3, 0.4) is 0 Å².